The number of benzene rings is 1. The highest BCUT2D eigenvalue weighted by Crippen LogP contribution is 2.27. The first kappa shape index (κ1) is 16.5. The summed E-state index contributed by atoms with van der Waals surface area (Å²) in [6.07, 6.45) is 1.76. The molecule has 6 heteroatoms. The molecule has 0 fully saturated rings. The fourth-order valence-electron chi connectivity index (χ4n) is 2.90. The summed E-state index contributed by atoms with van der Waals surface area (Å²) in [6, 6.07) is 9.18. The van der Waals surface area contributed by atoms with Crippen LogP contribution in [0.15, 0.2) is 45.8 Å². The number of nitrogens with zero attached hydrogens (tertiary/aromatic N) is 1. The average Bonchev–Trinajstić information content (AvgIpc) is 3.09. The zero-order valence-electron chi connectivity index (χ0n) is 13.4. The maximum absolute atomic E-state index is 13.0. The quantitative estimate of drug-likeness (QED) is 0.688. The second-order valence-electron chi connectivity index (χ2n) is 5.26. The molecular weight excluding hydrogens is 372 g/mol. The van der Waals surface area contributed by atoms with E-state index in [2.05, 4.69) is 20.9 Å². The van der Waals surface area contributed by atoms with Gasteiger partial charge >= 0.3 is 5.97 Å². The number of ether oxygens (including phenoxy) is 1. The molecule has 3 aromatic rings. The van der Waals surface area contributed by atoms with Gasteiger partial charge in [0.2, 0.25) is 5.43 Å². The number of H-pyrrole nitrogens is 1. The maximum atomic E-state index is 13.0. The average molecular weight is 389 g/mol. The van der Waals surface area contributed by atoms with Crippen molar-refractivity contribution in [3.05, 3.63) is 56.8 Å². The lowest BCUT2D eigenvalue weighted by atomic mass is 10.0. The molecular formula is C18H17BrN2O3. The van der Waals surface area contributed by atoms with Crippen molar-refractivity contribution in [2.75, 3.05) is 6.61 Å². The van der Waals surface area contributed by atoms with E-state index in [4.69, 9.17) is 4.74 Å². The van der Waals surface area contributed by atoms with Gasteiger partial charge in [-0.3, -0.25) is 4.79 Å². The number of aromatic amines is 1. The highest BCUT2D eigenvalue weighted by molar-refractivity contribution is 9.10. The number of hydrogen-bond acceptors (Lipinski definition) is 3. The van der Waals surface area contributed by atoms with Gasteiger partial charge in [-0.1, -0.05) is 15.9 Å². The van der Waals surface area contributed by atoms with Crippen LogP contribution in [-0.2, 0) is 11.3 Å². The van der Waals surface area contributed by atoms with Crippen molar-refractivity contribution in [3.63, 3.8) is 0 Å². The molecule has 0 saturated carbocycles. The number of pyridine rings is 1. The molecule has 124 valence electrons. The van der Waals surface area contributed by atoms with Crippen LogP contribution in [0.2, 0.25) is 0 Å². The van der Waals surface area contributed by atoms with Gasteiger partial charge in [-0.25, -0.2) is 4.79 Å². The SMILES string of the molecule is CCOC(=O)c1c(-c2ccc[nH]2)n(CC)c2ccc(Br)cc2c1=O. The lowest BCUT2D eigenvalue weighted by Crippen LogP contribution is -2.24. The Morgan fingerprint density at radius 3 is 2.71 bits per heavy atom. The lowest BCUT2D eigenvalue weighted by Gasteiger charge is -2.18. The zero-order chi connectivity index (χ0) is 17.3. The molecule has 5 nitrogen and oxygen atoms in total. The number of hydrogen-bond donors (Lipinski definition) is 1. The first-order chi connectivity index (χ1) is 11.6. The number of aromatic nitrogens is 2. The molecule has 2 heterocycles. The Morgan fingerprint density at radius 2 is 2.08 bits per heavy atom. The molecule has 24 heavy (non-hydrogen) atoms. The Balaban J connectivity index is 2.49. The summed E-state index contributed by atoms with van der Waals surface area (Å²) in [4.78, 5) is 28.6. The Morgan fingerprint density at radius 1 is 1.29 bits per heavy atom. The summed E-state index contributed by atoms with van der Waals surface area (Å²) < 4.78 is 7.90. The zero-order valence-corrected chi connectivity index (χ0v) is 15.0. The molecule has 0 aliphatic carbocycles. The van der Waals surface area contributed by atoms with E-state index < -0.39 is 5.97 Å². The number of aryl methyl sites for hydroxylation is 1. The predicted octanol–water partition coefficient (Wildman–Crippen LogP) is 3.96. The number of nitrogens with one attached hydrogen (secondary N) is 1. The van der Waals surface area contributed by atoms with Crippen molar-refractivity contribution < 1.29 is 9.53 Å². The molecule has 0 aliphatic rings. The third-order valence-corrected chi connectivity index (χ3v) is 4.37. The van der Waals surface area contributed by atoms with Crippen molar-refractivity contribution in [2.45, 2.75) is 20.4 Å². The summed E-state index contributed by atoms with van der Waals surface area (Å²) in [5.74, 6) is -0.601. The predicted molar refractivity (Wildman–Crippen MR) is 97.3 cm³/mol. The van der Waals surface area contributed by atoms with Crippen molar-refractivity contribution in [1.82, 2.24) is 9.55 Å². The topological polar surface area (TPSA) is 64.1 Å². The highest BCUT2D eigenvalue weighted by Gasteiger charge is 2.24. The third kappa shape index (κ3) is 2.67. The van der Waals surface area contributed by atoms with Crippen molar-refractivity contribution in [3.8, 4) is 11.4 Å². The number of fused-ring (bicyclic) bond motifs is 1. The molecule has 0 saturated heterocycles. The molecule has 1 N–H and O–H groups in total. The van der Waals surface area contributed by atoms with Gasteiger partial charge in [-0.15, -0.1) is 0 Å². The molecule has 0 spiro atoms. The number of halogens is 1. The van der Waals surface area contributed by atoms with Crippen LogP contribution in [0.3, 0.4) is 0 Å². The standard InChI is InChI=1S/C18H17BrN2O3/c1-3-21-14-8-7-11(19)10-12(14)17(22)15(18(23)24-4-2)16(21)13-6-5-9-20-13/h5-10,20H,3-4H2,1-2H3. The number of rotatable bonds is 4. The van der Waals surface area contributed by atoms with E-state index in [9.17, 15) is 9.59 Å². The molecule has 0 unspecified atom stereocenters. The first-order valence-electron chi connectivity index (χ1n) is 7.75. The smallest absolute Gasteiger partial charge is 0.344 e. The summed E-state index contributed by atoms with van der Waals surface area (Å²) in [6.45, 7) is 4.53. The van der Waals surface area contributed by atoms with Gasteiger partial charge in [0, 0.05) is 22.6 Å². The van der Waals surface area contributed by atoms with Gasteiger partial charge in [0.15, 0.2) is 0 Å². The van der Waals surface area contributed by atoms with E-state index in [1.54, 1.807) is 19.2 Å². The Bertz CT molecular complexity index is 959. The van der Waals surface area contributed by atoms with Crippen molar-refractivity contribution in [1.29, 1.82) is 0 Å². The van der Waals surface area contributed by atoms with Gasteiger partial charge in [-0.05, 0) is 44.2 Å². The first-order valence-corrected chi connectivity index (χ1v) is 8.54. The van der Waals surface area contributed by atoms with Crippen LogP contribution in [-0.4, -0.2) is 22.1 Å². The minimum Gasteiger partial charge on any atom is -0.462 e. The summed E-state index contributed by atoms with van der Waals surface area (Å²) in [7, 11) is 0. The van der Waals surface area contributed by atoms with Gasteiger partial charge in [0.05, 0.1) is 23.5 Å². The molecule has 0 radical (unpaired) electrons. The number of carbonyl (C=O) groups is 1. The minimum atomic E-state index is -0.601. The highest BCUT2D eigenvalue weighted by atomic mass is 79.9. The second-order valence-corrected chi connectivity index (χ2v) is 6.18. The molecule has 2 aromatic heterocycles. The molecule has 0 atom stereocenters. The van der Waals surface area contributed by atoms with Crippen molar-refractivity contribution >= 4 is 32.8 Å². The monoisotopic (exact) mass is 388 g/mol. The third-order valence-electron chi connectivity index (χ3n) is 3.88. The minimum absolute atomic E-state index is 0.0618. The van der Waals surface area contributed by atoms with E-state index in [-0.39, 0.29) is 17.6 Å². The van der Waals surface area contributed by atoms with Crippen LogP contribution in [0.4, 0.5) is 0 Å². The summed E-state index contributed by atoms with van der Waals surface area (Å²) in [5.41, 5.74) is 1.79. The lowest BCUT2D eigenvalue weighted by molar-refractivity contribution is 0.0525. The Kier molecular flexibility index (Phi) is 4.57. The van der Waals surface area contributed by atoms with Crippen LogP contribution in [0, 0.1) is 0 Å². The normalized spacial score (nSPS) is 11.0. The van der Waals surface area contributed by atoms with Crippen LogP contribution in [0.1, 0.15) is 24.2 Å². The van der Waals surface area contributed by atoms with E-state index in [0.29, 0.717) is 23.3 Å². The molecule has 0 bridgehead atoms. The Hall–Kier alpha value is -2.34. The van der Waals surface area contributed by atoms with Gasteiger partial charge in [-0.2, -0.15) is 0 Å². The van der Waals surface area contributed by atoms with E-state index in [0.717, 1.165) is 9.99 Å². The molecule has 3 rings (SSSR count). The van der Waals surface area contributed by atoms with Crippen LogP contribution >= 0.6 is 15.9 Å². The van der Waals surface area contributed by atoms with E-state index >= 15 is 0 Å². The van der Waals surface area contributed by atoms with E-state index in [1.165, 1.54) is 0 Å². The second kappa shape index (κ2) is 6.65. The van der Waals surface area contributed by atoms with Gasteiger partial charge < -0.3 is 14.3 Å². The van der Waals surface area contributed by atoms with Gasteiger partial charge in [0.25, 0.3) is 0 Å². The maximum Gasteiger partial charge on any atom is 0.344 e. The number of carbonyl (C=O) groups excluding carboxylic acids is 1. The van der Waals surface area contributed by atoms with Crippen LogP contribution < -0.4 is 5.43 Å². The fourth-order valence-corrected chi connectivity index (χ4v) is 3.26. The van der Waals surface area contributed by atoms with Crippen molar-refractivity contribution in [2.24, 2.45) is 0 Å². The Labute approximate surface area is 147 Å². The van der Waals surface area contributed by atoms with Crippen LogP contribution in [0.5, 0.6) is 0 Å². The number of esters is 1. The molecule has 0 aliphatic heterocycles. The largest absolute Gasteiger partial charge is 0.462 e. The van der Waals surface area contributed by atoms with Crippen LogP contribution in [0.25, 0.3) is 22.3 Å². The van der Waals surface area contributed by atoms with E-state index in [1.807, 2.05) is 35.8 Å². The van der Waals surface area contributed by atoms with Gasteiger partial charge in [0.1, 0.15) is 5.56 Å². The fraction of sp³-hybridized carbons (Fsp3) is 0.222. The molecule has 0 amide bonds. The molecule has 1 aromatic carbocycles. The summed E-state index contributed by atoms with van der Waals surface area (Å²) in [5, 5.41) is 0.490. The summed E-state index contributed by atoms with van der Waals surface area (Å²) >= 11 is 3.39.